The van der Waals surface area contributed by atoms with Gasteiger partial charge in [-0.2, -0.15) is 0 Å². The lowest BCUT2D eigenvalue weighted by atomic mass is 9.78. The van der Waals surface area contributed by atoms with Crippen LogP contribution in [0.15, 0.2) is 18.2 Å². The Morgan fingerprint density at radius 2 is 1.90 bits per heavy atom. The lowest BCUT2D eigenvalue weighted by Gasteiger charge is -2.34. The van der Waals surface area contributed by atoms with Gasteiger partial charge in [0, 0.05) is 6.04 Å². The second-order valence-electron chi connectivity index (χ2n) is 6.45. The minimum Gasteiger partial charge on any atom is -0.483 e. The van der Waals surface area contributed by atoms with E-state index in [0.29, 0.717) is 17.9 Å². The van der Waals surface area contributed by atoms with Crippen LogP contribution in [0.3, 0.4) is 0 Å². The number of carbonyl (C=O) groups excluding carboxylic acids is 1. The van der Waals surface area contributed by atoms with Gasteiger partial charge >= 0.3 is 0 Å². The molecule has 0 aliphatic heterocycles. The molecule has 1 saturated carbocycles. The highest BCUT2D eigenvalue weighted by atomic mass is 16.5. The summed E-state index contributed by atoms with van der Waals surface area (Å²) in [5.41, 5.74) is 2.14. The van der Waals surface area contributed by atoms with Crippen LogP contribution in [0, 0.1) is 25.7 Å². The second kappa shape index (κ2) is 6.97. The van der Waals surface area contributed by atoms with Crippen molar-refractivity contribution in [3.63, 3.8) is 0 Å². The maximum absolute atomic E-state index is 12.1. The van der Waals surface area contributed by atoms with Gasteiger partial charge in [0.05, 0.1) is 0 Å². The first-order valence-corrected chi connectivity index (χ1v) is 7.97. The monoisotopic (exact) mass is 289 g/mol. The van der Waals surface area contributed by atoms with Crippen LogP contribution in [-0.2, 0) is 4.79 Å². The summed E-state index contributed by atoms with van der Waals surface area (Å²) in [5.74, 6) is 2.05. The SMILES string of the molecule is Cc1cccc(C)c1OCC(=O)N[C@H]1CCC[C@H](C)[C@@H]1C. The lowest BCUT2D eigenvalue weighted by molar-refractivity contribution is -0.124. The van der Waals surface area contributed by atoms with Gasteiger partial charge in [0.15, 0.2) is 6.61 Å². The fourth-order valence-corrected chi connectivity index (χ4v) is 3.20. The van der Waals surface area contributed by atoms with Crippen molar-refractivity contribution >= 4 is 5.91 Å². The van der Waals surface area contributed by atoms with Gasteiger partial charge in [0.2, 0.25) is 0 Å². The van der Waals surface area contributed by atoms with Crippen molar-refractivity contribution in [1.82, 2.24) is 5.32 Å². The van der Waals surface area contributed by atoms with Gasteiger partial charge in [-0.05, 0) is 43.2 Å². The molecule has 0 heterocycles. The van der Waals surface area contributed by atoms with Gasteiger partial charge in [0.1, 0.15) is 5.75 Å². The number of carbonyl (C=O) groups is 1. The molecule has 1 aromatic carbocycles. The number of nitrogens with one attached hydrogen (secondary N) is 1. The smallest absolute Gasteiger partial charge is 0.258 e. The topological polar surface area (TPSA) is 38.3 Å². The third kappa shape index (κ3) is 3.99. The molecule has 3 atom stereocenters. The van der Waals surface area contributed by atoms with Crippen molar-refractivity contribution in [1.29, 1.82) is 0 Å². The highest BCUT2D eigenvalue weighted by Crippen LogP contribution is 2.29. The van der Waals surface area contributed by atoms with Crippen molar-refractivity contribution < 1.29 is 9.53 Å². The summed E-state index contributed by atoms with van der Waals surface area (Å²) in [6, 6.07) is 6.31. The molecule has 0 aromatic heterocycles. The second-order valence-corrected chi connectivity index (χ2v) is 6.45. The Morgan fingerprint density at radius 1 is 1.24 bits per heavy atom. The Labute approximate surface area is 128 Å². The zero-order chi connectivity index (χ0) is 15.4. The van der Waals surface area contributed by atoms with E-state index >= 15 is 0 Å². The average Bonchev–Trinajstić information content (AvgIpc) is 2.43. The quantitative estimate of drug-likeness (QED) is 0.919. The molecule has 2 rings (SSSR count). The third-order valence-corrected chi connectivity index (χ3v) is 4.81. The average molecular weight is 289 g/mol. The van der Waals surface area contributed by atoms with E-state index in [2.05, 4.69) is 19.2 Å². The van der Waals surface area contributed by atoms with Gasteiger partial charge < -0.3 is 10.1 Å². The summed E-state index contributed by atoms with van der Waals surface area (Å²) in [6.07, 6.45) is 3.56. The molecule has 1 N–H and O–H groups in total. The van der Waals surface area contributed by atoms with Crippen LogP contribution in [0.2, 0.25) is 0 Å². The van der Waals surface area contributed by atoms with Crippen LogP contribution in [0.5, 0.6) is 5.75 Å². The Balaban J connectivity index is 1.88. The van der Waals surface area contributed by atoms with Crippen molar-refractivity contribution in [2.45, 2.75) is 53.0 Å². The molecular weight excluding hydrogens is 262 g/mol. The molecular formula is C18H27NO2. The molecule has 1 aliphatic carbocycles. The Bertz CT molecular complexity index is 478. The normalized spacial score (nSPS) is 25.4. The van der Waals surface area contributed by atoms with Crippen LogP contribution in [0.4, 0.5) is 0 Å². The van der Waals surface area contributed by atoms with Crippen molar-refractivity contribution in [3.8, 4) is 5.75 Å². The van der Waals surface area contributed by atoms with Crippen LogP contribution >= 0.6 is 0 Å². The van der Waals surface area contributed by atoms with E-state index in [0.717, 1.165) is 23.3 Å². The van der Waals surface area contributed by atoms with E-state index in [-0.39, 0.29) is 12.5 Å². The standard InChI is InChI=1S/C18H27NO2/c1-12-7-6-10-16(15(12)4)19-17(20)11-21-18-13(2)8-5-9-14(18)3/h5,8-9,12,15-16H,6-7,10-11H2,1-4H3,(H,19,20)/t12-,15-,16-/m0/s1. The molecule has 3 heteroatoms. The van der Waals surface area contributed by atoms with Gasteiger partial charge in [-0.25, -0.2) is 0 Å². The van der Waals surface area contributed by atoms with E-state index in [1.807, 2.05) is 32.0 Å². The number of benzene rings is 1. The first kappa shape index (κ1) is 15.9. The number of aryl methyl sites for hydroxylation is 2. The summed E-state index contributed by atoms with van der Waals surface area (Å²) in [7, 11) is 0. The number of para-hydroxylation sites is 1. The molecule has 0 unspecified atom stereocenters. The minimum absolute atomic E-state index is 0.0106. The van der Waals surface area contributed by atoms with Gasteiger partial charge in [-0.15, -0.1) is 0 Å². The highest BCUT2D eigenvalue weighted by Gasteiger charge is 2.28. The first-order chi connectivity index (χ1) is 9.99. The van der Waals surface area contributed by atoms with Crippen molar-refractivity contribution in [2.24, 2.45) is 11.8 Å². The fourth-order valence-electron chi connectivity index (χ4n) is 3.20. The van der Waals surface area contributed by atoms with Crippen LogP contribution in [0.1, 0.15) is 44.2 Å². The van der Waals surface area contributed by atoms with Gasteiger partial charge in [-0.3, -0.25) is 4.79 Å². The predicted molar refractivity (Wildman–Crippen MR) is 85.5 cm³/mol. The molecule has 0 radical (unpaired) electrons. The molecule has 0 spiro atoms. The highest BCUT2D eigenvalue weighted by molar-refractivity contribution is 5.78. The lowest BCUT2D eigenvalue weighted by Crippen LogP contribution is -2.45. The summed E-state index contributed by atoms with van der Waals surface area (Å²) < 4.78 is 5.72. The zero-order valence-electron chi connectivity index (χ0n) is 13.6. The molecule has 21 heavy (non-hydrogen) atoms. The fraction of sp³-hybridized carbons (Fsp3) is 0.611. The molecule has 1 aromatic rings. The Morgan fingerprint density at radius 3 is 2.57 bits per heavy atom. The maximum Gasteiger partial charge on any atom is 0.258 e. The van der Waals surface area contributed by atoms with Crippen molar-refractivity contribution in [3.05, 3.63) is 29.3 Å². The van der Waals surface area contributed by atoms with E-state index in [9.17, 15) is 4.79 Å². The third-order valence-electron chi connectivity index (χ3n) is 4.81. The Hall–Kier alpha value is -1.51. The van der Waals surface area contributed by atoms with Crippen LogP contribution < -0.4 is 10.1 Å². The first-order valence-electron chi connectivity index (χ1n) is 7.97. The van der Waals surface area contributed by atoms with E-state index < -0.39 is 0 Å². The van der Waals surface area contributed by atoms with Gasteiger partial charge in [0.25, 0.3) is 5.91 Å². The van der Waals surface area contributed by atoms with E-state index in [4.69, 9.17) is 4.74 Å². The van der Waals surface area contributed by atoms with Crippen LogP contribution in [-0.4, -0.2) is 18.6 Å². The maximum atomic E-state index is 12.1. The molecule has 1 amide bonds. The van der Waals surface area contributed by atoms with E-state index in [1.54, 1.807) is 0 Å². The van der Waals surface area contributed by atoms with Crippen LogP contribution in [0.25, 0.3) is 0 Å². The number of rotatable bonds is 4. The molecule has 1 fully saturated rings. The molecule has 0 bridgehead atoms. The molecule has 0 saturated heterocycles. The summed E-state index contributed by atoms with van der Waals surface area (Å²) in [4.78, 5) is 12.1. The molecule has 1 aliphatic rings. The number of ether oxygens (including phenoxy) is 1. The Kier molecular flexibility index (Phi) is 5.27. The number of amides is 1. The molecule has 116 valence electrons. The zero-order valence-corrected chi connectivity index (χ0v) is 13.6. The minimum atomic E-state index is -0.0106. The predicted octanol–water partition coefficient (Wildman–Crippen LogP) is 3.62. The summed E-state index contributed by atoms with van der Waals surface area (Å²) in [5, 5.41) is 3.14. The van der Waals surface area contributed by atoms with Gasteiger partial charge in [-0.1, -0.05) is 44.9 Å². The van der Waals surface area contributed by atoms with E-state index in [1.165, 1.54) is 12.8 Å². The molecule has 3 nitrogen and oxygen atoms in total. The number of hydrogen-bond donors (Lipinski definition) is 1. The largest absolute Gasteiger partial charge is 0.483 e. The summed E-state index contributed by atoms with van der Waals surface area (Å²) >= 11 is 0. The summed E-state index contributed by atoms with van der Waals surface area (Å²) in [6.45, 7) is 8.62. The van der Waals surface area contributed by atoms with Crippen molar-refractivity contribution in [2.75, 3.05) is 6.61 Å². The number of hydrogen-bond acceptors (Lipinski definition) is 2.